The molecule has 0 spiro atoms. The molecule has 27 heavy (non-hydrogen) atoms. The Morgan fingerprint density at radius 2 is 1.74 bits per heavy atom. The number of ether oxygens (including phenoxy) is 2. The van der Waals surface area contributed by atoms with E-state index in [1.165, 1.54) is 21.4 Å². The quantitative estimate of drug-likeness (QED) is 0.388. The molecule has 2 aromatic carbocycles. The Hall–Kier alpha value is -2.33. The molecular formula is C23H25O3S+. The standard InChI is InChI=1S/C23H25O3S/c1-23(14-5-2-6-15-23)26-22(24)17-25-19-9-11-20(12-10-19)27-16-13-18-7-3-4-8-21(18)27/h3-4,7-13,16H,2,5-6,14-15,17H2,1H3/q+1. The number of fused-ring (bicyclic) bond motifs is 1. The van der Waals surface area contributed by atoms with Crippen molar-refractivity contribution in [3.8, 4) is 10.6 Å². The van der Waals surface area contributed by atoms with Crippen molar-refractivity contribution < 1.29 is 14.3 Å². The maximum absolute atomic E-state index is 12.1. The molecule has 1 saturated carbocycles. The van der Waals surface area contributed by atoms with Crippen LogP contribution in [0.4, 0.5) is 0 Å². The first-order chi connectivity index (χ1) is 13.1. The van der Waals surface area contributed by atoms with E-state index in [0.717, 1.165) is 25.7 Å². The van der Waals surface area contributed by atoms with E-state index in [9.17, 15) is 4.79 Å². The first-order valence-electron chi connectivity index (χ1n) is 9.58. The van der Waals surface area contributed by atoms with Crippen LogP contribution in [-0.2, 0) is 9.53 Å². The molecule has 1 heterocycles. The Kier molecular flexibility index (Phi) is 5.17. The molecule has 4 rings (SSSR count). The summed E-state index contributed by atoms with van der Waals surface area (Å²) in [5.74, 6) is 0.419. The summed E-state index contributed by atoms with van der Waals surface area (Å²) in [5, 5.41) is 3.54. The van der Waals surface area contributed by atoms with Crippen molar-refractivity contribution in [3.63, 3.8) is 0 Å². The van der Waals surface area contributed by atoms with Gasteiger partial charge in [-0.25, -0.2) is 4.79 Å². The van der Waals surface area contributed by atoms with Crippen molar-refractivity contribution in [2.75, 3.05) is 6.61 Å². The molecule has 4 heteroatoms. The fraction of sp³-hybridized carbons (Fsp3) is 0.348. The van der Waals surface area contributed by atoms with Gasteiger partial charge >= 0.3 is 5.97 Å². The highest BCUT2D eigenvalue weighted by Crippen LogP contribution is 2.40. The Morgan fingerprint density at radius 3 is 2.52 bits per heavy atom. The van der Waals surface area contributed by atoms with E-state index >= 15 is 0 Å². The zero-order chi connectivity index (χ0) is 18.7. The molecule has 3 nitrogen and oxygen atoms in total. The summed E-state index contributed by atoms with van der Waals surface area (Å²) in [6, 6.07) is 18.7. The molecular weight excluding hydrogens is 356 g/mol. The average molecular weight is 382 g/mol. The van der Waals surface area contributed by atoms with Crippen molar-refractivity contribution in [2.24, 2.45) is 0 Å². The van der Waals surface area contributed by atoms with E-state index in [4.69, 9.17) is 9.47 Å². The highest BCUT2D eigenvalue weighted by Gasteiger charge is 2.30. The molecule has 0 saturated heterocycles. The fourth-order valence-electron chi connectivity index (χ4n) is 3.77. The van der Waals surface area contributed by atoms with Gasteiger partial charge in [0.15, 0.2) is 16.2 Å². The van der Waals surface area contributed by atoms with E-state index in [2.05, 4.69) is 47.8 Å². The minimum Gasteiger partial charge on any atom is -0.482 e. The van der Waals surface area contributed by atoms with Crippen molar-refractivity contribution >= 4 is 26.5 Å². The molecule has 1 aliphatic rings. The molecule has 1 atom stereocenters. The second-order valence-corrected chi connectivity index (χ2v) is 9.28. The van der Waals surface area contributed by atoms with Gasteiger partial charge < -0.3 is 9.47 Å². The minimum atomic E-state index is -0.314. The van der Waals surface area contributed by atoms with E-state index < -0.39 is 0 Å². The van der Waals surface area contributed by atoms with E-state index in [1.807, 2.05) is 19.1 Å². The lowest BCUT2D eigenvalue weighted by Gasteiger charge is -2.33. The van der Waals surface area contributed by atoms with Crippen LogP contribution in [0.25, 0.3) is 15.0 Å². The number of thiophene rings is 1. The van der Waals surface area contributed by atoms with Crippen LogP contribution in [0.2, 0.25) is 0 Å². The van der Waals surface area contributed by atoms with Crippen LogP contribution in [0, 0.1) is 0 Å². The predicted octanol–water partition coefficient (Wildman–Crippen LogP) is 6.22. The maximum atomic E-state index is 12.1. The van der Waals surface area contributed by atoms with Crippen LogP contribution >= 0.6 is 10.5 Å². The van der Waals surface area contributed by atoms with Gasteiger partial charge in [0, 0.05) is 34.1 Å². The van der Waals surface area contributed by atoms with Crippen LogP contribution in [0.1, 0.15) is 39.0 Å². The summed E-state index contributed by atoms with van der Waals surface area (Å²) in [4.78, 5) is 13.4. The summed E-state index contributed by atoms with van der Waals surface area (Å²) < 4.78 is 12.7. The normalized spacial score (nSPS) is 16.9. The van der Waals surface area contributed by atoms with Crippen LogP contribution in [0.5, 0.6) is 5.75 Å². The highest BCUT2D eigenvalue weighted by atomic mass is 32.2. The number of hydrogen-bond acceptors (Lipinski definition) is 3. The summed E-state index contributed by atoms with van der Waals surface area (Å²) in [6.45, 7) is 2.00. The Morgan fingerprint density at radius 1 is 1.00 bits per heavy atom. The van der Waals surface area contributed by atoms with Gasteiger partial charge in [-0.15, -0.1) is 0 Å². The van der Waals surface area contributed by atoms with Gasteiger partial charge in [0.25, 0.3) is 0 Å². The molecule has 0 radical (unpaired) electrons. The number of rotatable bonds is 5. The molecule has 3 aromatic rings. The van der Waals surface area contributed by atoms with Gasteiger partial charge in [0.2, 0.25) is 0 Å². The first-order valence-corrected chi connectivity index (χ1v) is 10.9. The largest absolute Gasteiger partial charge is 0.482 e. The molecule has 140 valence electrons. The van der Waals surface area contributed by atoms with Crippen molar-refractivity contribution in [3.05, 3.63) is 60.0 Å². The number of carbonyl (C=O) groups is 1. The fourth-order valence-corrected chi connectivity index (χ4v) is 5.65. The van der Waals surface area contributed by atoms with Crippen molar-refractivity contribution in [1.82, 2.24) is 0 Å². The van der Waals surface area contributed by atoms with E-state index in [1.54, 1.807) is 0 Å². The van der Waals surface area contributed by atoms with Gasteiger partial charge in [-0.1, -0.05) is 18.6 Å². The van der Waals surface area contributed by atoms with Gasteiger partial charge in [-0.3, -0.25) is 0 Å². The third-order valence-electron chi connectivity index (χ3n) is 5.25. The second-order valence-electron chi connectivity index (χ2n) is 7.42. The number of carbonyl (C=O) groups excluding carboxylic acids is 1. The molecule has 0 N–H and O–H groups in total. The zero-order valence-corrected chi connectivity index (χ0v) is 16.5. The SMILES string of the molecule is CC1(OC(=O)COc2ccc(-[s+]3ccc4ccccc43)cc2)CCCCC1. The maximum Gasteiger partial charge on any atom is 0.344 e. The van der Waals surface area contributed by atoms with Crippen molar-refractivity contribution in [1.29, 1.82) is 0 Å². The van der Waals surface area contributed by atoms with Crippen LogP contribution in [0.3, 0.4) is 0 Å². The van der Waals surface area contributed by atoms with E-state index in [-0.39, 0.29) is 28.6 Å². The predicted molar refractivity (Wildman–Crippen MR) is 111 cm³/mol. The van der Waals surface area contributed by atoms with Crippen LogP contribution in [0.15, 0.2) is 60.0 Å². The molecule has 0 aliphatic heterocycles. The molecule has 1 aromatic heterocycles. The van der Waals surface area contributed by atoms with Crippen LogP contribution < -0.4 is 4.74 Å². The molecule has 0 amide bonds. The second kappa shape index (κ2) is 7.73. The summed E-state index contributed by atoms with van der Waals surface area (Å²) in [7, 11) is -0.0250. The van der Waals surface area contributed by atoms with Crippen LogP contribution in [-0.4, -0.2) is 18.2 Å². The van der Waals surface area contributed by atoms with Gasteiger partial charge in [-0.05, 0) is 56.9 Å². The third kappa shape index (κ3) is 4.16. The summed E-state index contributed by atoms with van der Waals surface area (Å²) in [6.07, 6.45) is 5.39. The molecule has 1 aliphatic carbocycles. The first kappa shape index (κ1) is 18.1. The third-order valence-corrected chi connectivity index (χ3v) is 7.28. The summed E-state index contributed by atoms with van der Waals surface area (Å²) >= 11 is 0. The monoisotopic (exact) mass is 381 g/mol. The molecule has 0 bridgehead atoms. The van der Waals surface area contributed by atoms with Gasteiger partial charge in [0.05, 0.1) is 0 Å². The van der Waals surface area contributed by atoms with Gasteiger partial charge in [0.1, 0.15) is 16.7 Å². The molecule has 1 unspecified atom stereocenters. The number of esters is 1. The average Bonchev–Trinajstić information content (AvgIpc) is 3.11. The summed E-state index contributed by atoms with van der Waals surface area (Å²) in [5.41, 5.74) is -0.314. The lowest BCUT2D eigenvalue weighted by atomic mass is 9.86. The lowest BCUT2D eigenvalue weighted by molar-refractivity contribution is -0.163. The zero-order valence-electron chi connectivity index (χ0n) is 15.6. The number of benzene rings is 2. The van der Waals surface area contributed by atoms with Crippen molar-refractivity contribution in [2.45, 2.75) is 44.6 Å². The Balaban J connectivity index is 1.37. The Bertz CT molecular complexity index is 920. The van der Waals surface area contributed by atoms with Gasteiger partial charge in [-0.2, -0.15) is 0 Å². The smallest absolute Gasteiger partial charge is 0.344 e. The Labute approximate surface area is 162 Å². The topological polar surface area (TPSA) is 35.5 Å². The number of hydrogen-bond donors (Lipinski definition) is 0. The highest BCUT2D eigenvalue weighted by molar-refractivity contribution is 7.43. The molecule has 1 fully saturated rings. The lowest BCUT2D eigenvalue weighted by Crippen LogP contribution is -2.35. The minimum absolute atomic E-state index is 0.0250. The van der Waals surface area contributed by atoms with E-state index in [0.29, 0.717) is 5.75 Å².